The van der Waals surface area contributed by atoms with Gasteiger partial charge in [0.15, 0.2) is 5.84 Å². The van der Waals surface area contributed by atoms with Gasteiger partial charge in [0.2, 0.25) is 0 Å². The van der Waals surface area contributed by atoms with Crippen LogP contribution in [0.5, 0.6) is 5.75 Å². The van der Waals surface area contributed by atoms with Crippen molar-refractivity contribution in [3.05, 3.63) is 24.3 Å². The summed E-state index contributed by atoms with van der Waals surface area (Å²) in [7, 11) is 1.60. The second-order valence-corrected chi connectivity index (χ2v) is 2.68. The smallest absolute Gasteiger partial charge is 0.158 e. The van der Waals surface area contributed by atoms with Crippen LogP contribution in [0.2, 0.25) is 0 Å². The molecule has 0 saturated heterocycles. The Morgan fingerprint density at radius 1 is 1.64 bits per heavy atom. The summed E-state index contributed by atoms with van der Waals surface area (Å²) in [4.78, 5) is 0. The standard InChI is InChI=1S/C9H13N3O2/c1-14-8-4-2-3-7(5-8)11-6-9(10)12-13/h2-5,11,13H,6H2,1H3,(H2,10,12). The molecular weight excluding hydrogens is 182 g/mol. The van der Waals surface area contributed by atoms with E-state index in [9.17, 15) is 0 Å². The maximum atomic E-state index is 8.31. The van der Waals surface area contributed by atoms with E-state index in [1.54, 1.807) is 7.11 Å². The first-order valence-electron chi connectivity index (χ1n) is 4.10. The van der Waals surface area contributed by atoms with Gasteiger partial charge in [0, 0.05) is 11.8 Å². The van der Waals surface area contributed by atoms with Gasteiger partial charge in [-0.15, -0.1) is 0 Å². The minimum absolute atomic E-state index is 0.132. The van der Waals surface area contributed by atoms with Gasteiger partial charge in [0.1, 0.15) is 5.75 Å². The van der Waals surface area contributed by atoms with Crippen molar-refractivity contribution in [2.24, 2.45) is 10.9 Å². The predicted molar refractivity (Wildman–Crippen MR) is 54.9 cm³/mol. The molecule has 0 heterocycles. The fraction of sp³-hybridized carbons (Fsp3) is 0.222. The zero-order valence-corrected chi connectivity index (χ0v) is 7.90. The summed E-state index contributed by atoms with van der Waals surface area (Å²) in [6.45, 7) is 0.295. The maximum Gasteiger partial charge on any atom is 0.158 e. The molecule has 0 fully saturated rings. The van der Waals surface area contributed by atoms with Crippen molar-refractivity contribution in [3.63, 3.8) is 0 Å². The second kappa shape index (κ2) is 4.96. The molecule has 0 aromatic heterocycles. The molecule has 14 heavy (non-hydrogen) atoms. The van der Waals surface area contributed by atoms with Crippen molar-refractivity contribution < 1.29 is 9.94 Å². The van der Waals surface area contributed by atoms with Gasteiger partial charge >= 0.3 is 0 Å². The summed E-state index contributed by atoms with van der Waals surface area (Å²) in [5.74, 6) is 0.891. The highest BCUT2D eigenvalue weighted by molar-refractivity contribution is 5.84. The van der Waals surface area contributed by atoms with E-state index >= 15 is 0 Å². The van der Waals surface area contributed by atoms with Crippen LogP contribution >= 0.6 is 0 Å². The summed E-state index contributed by atoms with van der Waals surface area (Å²) in [6, 6.07) is 7.39. The van der Waals surface area contributed by atoms with Gasteiger partial charge in [0.25, 0.3) is 0 Å². The van der Waals surface area contributed by atoms with Crippen LogP contribution in [0.1, 0.15) is 0 Å². The zero-order valence-electron chi connectivity index (χ0n) is 7.90. The Labute approximate surface area is 82.2 Å². The van der Waals surface area contributed by atoms with Gasteiger partial charge in [-0.2, -0.15) is 0 Å². The summed E-state index contributed by atoms with van der Waals surface area (Å²) < 4.78 is 5.04. The lowest BCUT2D eigenvalue weighted by molar-refractivity contribution is 0.317. The first-order chi connectivity index (χ1) is 6.76. The molecule has 1 rings (SSSR count). The van der Waals surface area contributed by atoms with E-state index in [0.717, 1.165) is 11.4 Å². The van der Waals surface area contributed by atoms with Crippen LogP contribution in [0.4, 0.5) is 5.69 Å². The van der Waals surface area contributed by atoms with Gasteiger partial charge in [-0.05, 0) is 12.1 Å². The molecular formula is C9H13N3O2. The third kappa shape index (κ3) is 2.85. The molecule has 76 valence electrons. The number of ether oxygens (including phenoxy) is 1. The highest BCUT2D eigenvalue weighted by atomic mass is 16.5. The molecule has 0 radical (unpaired) electrons. The van der Waals surface area contributed by atoms with Crippen LogP contribution in [0.3, 0.4) is 0 Å². The third-order valence-electron chi connectivity index (χ3n) is 1.67. The molecule has 0 aliphatic heterocycles. The number of anilines is 1. The van der Waals surface area contributed by atoms with E-state index in [2.05, 4.69) is 10.5 Å². The van der Waals surface area contributed by atoms with Gasteiger partial charge < -0.3 is 21.0 Å². The molecule has 0 aliphatic carbocycles. The summed E-state index contributed by atoms with van der Waals surface area (Å²) in [5.41, 5.74) is 6.15. The van der Waals surface area contributed by atoms with Gasteiger partial charge in [-0.3, -0.25) is 0 Å². The van der Waals surface area contributed by atoms with Crippen molar-refractivity contribution >= 4 is 11.5 Å². The SMILES string of the molecule is COc1cccc(NC/C(N)=N/O)c1. The Bertz CT molecular complexity index is 326. The predicted octanol–water partition coefficient (Wildman–Crippen LogP) is 0.853. The Kier molecular flexibility index (Phi) is 3.60. The second-order valence-electron chi connectivity index (χ2n) is 2.68. The number of amidine groups is 1. The fourth-order valence-corrected chi connectivity index (χ4v) is 0.961. The summed E-state index contributed by atoms with van der Waals surface area (Å²) in [6.07, 6.45) is 0. The number of nitrogens with two attached hydrogens (primary N) is 1. The van der Waals surface area contributed by atoms with Crippen LogP contribution in [-0.2, 0) is 0 Å². The molecule has 0 atom stereocenters. The molecule has 0 amide bonds. The molecule has 5 nitrogen and oxygen atoms in total. The van der Waals surface area contributed by atoms with E-state index in [1.165, 1.54) is 0 Å². The molecule has 4 N–H and O–H groups in total. The van der Waals surface area contributed by atoms with Crippen LogP contribution in [0, 0.1) is 0 Å². The summed E-state index contributed by atoms with van der Waals surface area (Å²) in [5, 5.41) is 14.1. The number of benzene rings is 1. The maximum absolute atomic E-state index is 8.31. The minimum Gasteiger partial charge on any atom is -0.497 e. The average Bonchev–Trinajstić information content (AvgIpc) is 2.26. The van der Waals surface area contributed by atoms with Crippen molar-refractivity contribution in [2.45, 2.75) is 0 Å². The Morgan fingerprint density at radius 3 is 3.07 bits per heavy atom. The molecule has 0 bridgehead atoms. The van der Waals surface area contributed by atoms with Crippen LogP contribution < -0.4 is 15.8 Å². The molecule has 1 aromatic carbocycles. The number of hydrogen-bond donors (Lipinski definition) is 3. The van der Waals surface area contributed by atoms with Crippen molar-refractivity contribution in [2.75, 3.05) is 19.0 Å². The topological polar surface area (TPSA) is 79.9 Å². The Morgan fingerprint density at radius 2 is 2.43 bits per heavy atom. The van der Waals surface area contributed by atoms with Crippen LogP contribution in [0.25, 0.3) is 0 Å². The van der Waals surface area contributed by atoms with E-state index in [1.807, 2.05) is 24.3 Å². The molecule has 0 spiro atoms. The van der Waals surface area contributed by atoms with Crippen molar-refractivity contribution in [1.82, 2.24) is 0 Å². The van der Waals surface area contributed by atoms with Gasteiger partial charge in [-0.1, -0.05) is 11.2 Å². The van der Waals surface area contributed by atoms with E-state index in [4.69, 9.17) is 15.7 Å². The first-order valence-corrected chi connectivity index (χ1v) is 4.10. The van der Waals surface area contributed by atoms with Crippen molar-refractivity contribution in [3.8, 4) is 5.75 Å². The molecule has 5 heteroatoms. The zero-order chi connectivity index (χ0) is 10.4. The molecule has 1 aromatic rings. The number of methoxy groups -OCH3 is 1. The monoisotopic (exact) mass is 195 g/mol. The Balaban J connectivity index is 2.58. The highest BCUT2D eigenvalue weighted by Crippen LogP contribution is 2.15. The average molecular weight is 195 g/mol. The summed E-state index contributed by atoms with van der Waals surface area (Å²) >= 11 is 0. The Hall–Kier alpha value is -1.91. The molecule has 0 aliphatic rings. The van der Waals surface area contributed by atoms with E-state index < -0.39 is 0 Å². The van der Waals surface area contributed by atoms with Crippen LogP contribution in [0.15, 0.2) is 29.4 Å². The third-order valence-corrected chi connectivity index (χ3v) is 1.67. The first kappa shape index (κ1) is 10.2. The normalized spacial score (nSPS) is 11.1. The lowest BCUT2D eigenvalue weighted by Gasteiger charge is -2.06. The van der Waals surface area contributed by atoms with Gasteiger partial charge in [0.05, 0.1) is 13.7 Å². The van der Waals surface area contributed by atoms with Crippen molar-refractivity contribution in [1.29, 1.82) is 0 Å². The fourth-order valence-electron chi connectivity index (χ4n) is 0.961. The largest absolute Gasteiger partial charge is 0.497 e. The molecule has 0 unspecified atom stereocenters. The number of nitrogens with one attached hydrogen (secondary N) is 1. The number of oxime groups is 1. The van der Waals surface area contributed by atoms with E-state index in [0.29, 0.717) is 6.54 Å². The minimum atomic E-state index is 0.132. The quantitative estimate of drug-likeness (QED) is 0.288. The number of nitrogens with zero attached hydrogens (tertiary/aromatic N) is 1. The molecule has 0 saturated carbocycles. The lowest BCUT2D eigenvalue weighted by Crippen LogP contribution is -2.22. The highest BCUT2D eigenvalue weighted by Gasteiger charge is 1.96. The lowest BCUT2D eigenvalue weighted by atomic mass is 10.3. The van der Waals surface area contributed by atoms with Crippen LogP contribution in [-0.4, -0.2) is 24.7 Å². The van der Waals surface area contributed by atoms with Gasteiger partial charge in [-0.25, -0.2) is 0 Å². The number of hydrogen-bond acceptors (Lipinski definition) is 4. The number of rotatable bonds is 4. The van der Waals surface area contributed by atoms with E-state index in [-0.39, 0.29) is 5.84 Å².